The summed E-state index contributed by atoms with van der Waals surface area (Å²) < 4.78 is 30.1. The maximum atomic E-state index is 13.8. The van der Waals surface area contributed by atoms with Gasteiger partial charge in [-0.25, -0.2) is 29.1 Å². The van der Waals surface area contributed by atoms with Gasteiger partial charge in [-0.05, 0) is 75.1 Å². The number of hydrogen-bond donors (Lipinski definition) is 1. The Morgan fingerprint density at radius 3 is 2.63 bits per heavy atom. The average Bonchev–Trinajstić information content (AvgIpc) is 3.49. The number of anilines is 1. The SMILES string of the molecule is Cc1nc2cc(-n3cccn3)c(C(C)Oc3cc4cc(F)ccc4nc3N)cc2n1COCCS(C)(C)C. The first-order chi connectivity index (χ1) is 18.1. The van der Waals surface area contributed by atoms with Gasteiger partial charge in [-0.1, -0.05) is 0 Å². The van der Waals surface area contributed by atoms with Crippen LogP contribution in [0.5, 0.6) is 5.75 Å². The van der Waals surface area contributed by atoms with Crippen molar-refractivity contribution in [3.8, 4) is 11.4 Å². The molecule has 38 heavy (non-hydrogen) atoms. The van der Waals surface area contributed by atoms with Crippen molar-refractivity contribution in [3.63, 3.8) is 0 Å². The number of nitrogen functional groups attached to an aromatic ring is 1. The molecule has 0 spiro atoms. The van der Waals surface area contributed by atoms with Gasteiger partial charge in [0.2, 0.25) is 0 Å². The lowest BCUT2D eigenvalue weighted by Gasteiger charge is -2.24. The standard InChI is InChI=1S/C28H33FN6O2S/c1-18(37-27-14-20-13-21(29)7-8-23(20)33-28(27)30)22-15-26-24(16-25(22)35-10-6-9-31-35)32-19(2)34(26)17-36-11-12-38(3,4)5/h6-10,13-16,18H,11-12,17H2,1-5H3,(H2,30,33). The lowest BCUT2D eigenvalue weighted by molar-refractivity contribution is 0.0909. The number of fused-ring (bicyclic) bond motifs is 2. The molecule has 2 aromatic carbocycles. The van der Waals surface area contributed by atoms with Crippen molar-refractivity contribution in [2.75, 3.05) is 36.9 Å². The van der Waals surface area contributed by atoms with Crippen molar-refractivity contribution >= 4 is 37.8 Å². The van der Waals surface area contributed by atoms with Crippen LogP contribution >= 0.6 is 10.0 Å². The van der Waals surface area contributed by atoms with Crippen LogP contribution in [0.1, 0.15) is 24.4 Å². The Hall–Kier alpha value is -3.63. The second kappa shape index (κ2) is 10.3. The number of pyridine rings is 1. The zero-order valence-electron chi connectivity index (χ0n) is 22.3. The molecule has 2 N–H and O–H groups in total. The number of aryl methyl sites for hydroxylation is 1. The number of aromatic nitrogens is 5. The zero-order chi connectivity index (χ0) is 27.0. The molecule has 0 aliphatic carbocycles. The Kier molecular flexibility index (Phi) is 7.02. The molecule has 5 rings (SSSR count). The minimum absolute atomic E-state index is 0.243. The maximum absolute atomic E-state index is 13.8. The number of hydrogen-bond acceptors (Lipinski definition) is 6. The molecule has 0 aliphatic heterocycles. The summed E-state index contributed by atoms with van der Waals surface area (Å²) >= 11 is 0. The molecule has 0 saturated carbocycles. The van der Waals surface area contributed by atoms with Gasteiger partial charge in [-0.2, -0.15) is 5.10 Å². The number of nitrogens with two attached hydrogens (primary N) is 1. The molecule has 0 bridgehead atoms. The van der Waals surface area contributed by atoms with E-state index in [2.05, 4.69) is 39.5 Å². The van der Waals surface area contributed by atoms with Gasteiger partial charge in [-0.3, -0.25) is 0 Å². The van der Waals surface area contributed by atoms with Crippen molar-refractivity contribution in [2.45, 2.75) is 26.7 Å². The average molecular weight is 537 g/mol. The molecule has 0 amide bonds. The fourth-order valence-corrected chi connectivity index (χ4v) is 4.97. The Morgan fingerprint density at radius 2 is 1.89 bits per heavy atom. The van der Waals surface area contributed by atoms with Crippen LogP contribution in [0.15, 0.2) is 54.9 Å². The van der Waals surface area contributed by atoms with Gasteiger partial charge in [0.1, 0.15) is 24.5 Å². The van der Waals surface area contributed by atoms with Gasteiger partial charge in [0.15, 0.2) is 11.6 Å². The van der Waals surface area contributed by atoms with Crippen LogP contribution in [-0.4, -0.2) is 55.4 Å². The van der Waals surface area contributed by atoms with E-state index in [9.17, 15) is 4.39 Å². The largest absolute Gasteiger partial charge is 0.482 e. The van der Waals surface area contributed by atoms with E-state index >= 15 is 0 Å². The van der Waals surface area contributed by atoms with Crippen LogP contribution in [0.25, 0.3) is 27.6 Å². The summed E-state index contributed by atoms with van der Waals surface area (Å²) in [7, 11) is -0.628. The van der Waals surface area contributed by atoms with E-state index in [1.54, 1.807) is 23.0 Å². The second-order valence-corrected chi connectivity index (χ2v) is 14.8. The first-order valence-corrected chi connectivity index (χ1v) is 15.4. The van der Waals surface area contributed by atoms with Crippen molar-refractivity contribution in [3.05, 3.63) is 72.1 Å². The highest BCUT2D eigenvalue weighted by atomic mass is 32.3. The Morgan fingerprint density at radius 1 is 1.08 bits per heavy atom. The van der Waals surface area contributed by atoms with E-state index in [1.165, 1.54) is 12.1 Å². The summed E-state index contributed by atoms with van der Waals surface area (Å²) in [5, 5.41) is 5.07. The number of nitrogens with zero attached hydrogens (tertiary/aromatic N) is 5. The lowest BCUT2D eigenvalue weighted by Crippen LogP contribution is -2.12. The minimum atomic E-state index is -0.628. The Labute approximate surface area is 222 Å². The summed E-state index contributed by atoms with van der Waals surface area (Å²) in [6.45, 7) is 5.04. The molecule has 0 fully saturated rings. The zero-order valence-corrected chi connectivity index (χ0v) is 23.1. The minimum Gasteiger partial charge on any atom is -0.482 e. The van der Waals surface area contributed by atoms with Crippen LogP contribution in [-0.2, 0) is 11.5 Å². The van der Waals surface area contributed by atoms with Crippen LogP contribution in [0.2, 0.25) is 0 Å². The van der Waals surface area contributed by atoms with Gasteiger partial charge in [0, 0.05) is 29.1 Å². The van der Waals surface area contributed by atoms with Crippen LogP contribution < -0.4 is 10.5 Å². The van der Waals surface area contributed by atoms with Crippen LogP contribution in [0.3, 0.4) is 0 Å². The fourth-order valence-electron chi connectivity index (χ4n) is 4.35. The van der Waals surface area contributed by atoms with Gasteiger partial charge in [0.05, 0.1) is 28.8 Å². The summed E-state index contributed by atoms with van der Waals surface area (Å²) in [4.78, 5) is 9.19. The molecule has 0 radical (unpaired) electrons. The van der Waals surface area contributed by atoms with Gasteiger partial charge in [-0.15, -0.1) is 0 Å². The molecule has 5 aromatic rings. The lowest BCUT2D eigenvalue weighted by atomic mass is 10.1. The third-order valence-corrected chi connectivity index (χ3v) is 7.80. The molecular weight excluding hydrogens is 503 g/mol. The number of halogens is 1. The van der Waals surface area contributed by atoms with Crippen molar-refractivity contribution < 1.29 is 13.9 Å². The van der Waals surface area contributed by atoms with Crippen LogP contribution in [0.4, 0.5) is 10.2 Å². The predicted molar refractivity (Wildman–Crippen MR) is 153 cm³/mol. The Balaban J connectivity index is 1.52. The highest BCUT2D eigenvalue weighted by molar-refractivity contribution is 8.32. The van der Waals surface area contributed by atoms with Crippen LogP contribution in [0, 0.1) is 12.7 Å². The number of ether oxygens (including phenoxy) is 2. The third kappa shape index (κ3) is 5.46. The fraction of sp³-hybridized carbons (Fsp3) is 0.321. The van der Waals surface area contributed by atoms with E-state index in [0.717, 1.165) is 33.9 Å². The first kappa shape index (κ1) is 26.0. The van der Waals surface area contributed by atoms with E-state index in [-0.39, 0.29) is 11.6 Å². The molecule has 10 heteroatoms. The summed E-state index contributed by atoms with van der Waals surface area (Å²) in [6, 6.07) is 12.1. The summed E-state index contributed by atoms with van der Waals surface area (Å²) in [5.41, 5.74) is 10.3. The van der Waals surface area contributed by atoms with Crippen molar-refractivity contribution in [1.82, 2.24) is 24.3 Å². The van der Waals surface area contributed by atoms with E-state index < -0.39 is 16.1 Å². The smallest absolute Gasteiger partial charge is 0.166 e. The number of rotatable bonds is 9. The summed E-state index contributed by atoms with van der Waals surface area (Å²) in [5.74, 6) is 2.20. The highest BCUT2D eigenvalue weighted by Gasteiger charge is 2.20. The van der Waals surface area contributed by atoms with E-state index in [0.29, 0.717) is 30.0 Å². The molecule has 0 saturated heterocycles. The number of imidazole rings is 1. The highest BCUT2D eigenvalue weighted by Crippen LogP contribution is 2.35. The molecule has 0 aliphatic rings. The van der Waals surface area contributed by atoms with E-state index in [1.807, 2.05) is 32.2 Å². The molecule has 1 atom stereocenters. The molecule has 1 unspecified atom stereocenters. The molecule has 3 heterocycles. The molecule has 3 aromatic heterocycles. The molecule has 200 valence electrons. The predicted octanol–water partition coefficient (Wildman–Crippen LogP) is 5.61. The molecule has 8 nitrogen and oxygen atoms in total. The second-order valence-electron chi connectivity index (χ2n) is 10.2. The third-order valence-electron chi connectivity index (χ3n) is 6.41. The van der Waals surface area contributed by atoms with E-state index in [4.69, 9.17) is 20.2 Å². The topological polar surface area (TPSA) is 93.0 Å². The van der Waals surface area contributed by atoms with Crippen molar-refractivity contribution in [2.24, 2.45) is 0 Å². The Bertz CT molecular complexity index is 1590. The van der Waals surface area contributed by atoms with Gasteiger partial charge in [0.25, 0.3) is 0 Å². The monoisotopic (exact) mass is 536 g/mol. The molecular formula is C28H33FN6O2S. The quantitative estimate of drug-likeness (QED) is 0.246. The maximum Gasteiger partial charge on any atom is 0.166 e. The van der Waals surface area contributed by atoms with Gasteiger partial charge < -0.3 is 19.8 Å². The van der Waals surface area contributed by atoms with Gasteiger partial charge >= 0.3 is 0 Å². The normalized spacial score (nSPS) is 13.3. The van der Waals surface area contributed by atoms with Crippen molar-refractivity contribution in [1.29, 1.82) is 0 Å². The number of benzene rings is 2. The summed E-state index contributed by atoms with van der Waals surface area (Å²) in [6.07, 6.45) is 10.0. The first-order valence-electron chi connectivity index (χ1n) is 12.4.